The van der Waals surface area contributed by atoms with Gasteiger partial charge in [0.15, 0.2) is 11.6 Å². The van der Waals surface area contributed by atoms with Crippen LogP contribution in [0.2, 0.25) is 0 Å². The van der Waals surface area contributed by atoms with Gasteiger partial charge in [-0.1, -0.05) is 0 Å². The Hall–Kier alpha value is -3.09. The first-order chi connectivity index (χ1) is 12.0. The monoisotopic (exact) mass is 342 g/mol. The van der Waals surface area contributed by atoms with Gasteiger partial charge < -0.3 is 19.8 Å². The molecule has 2 N–H and O–H groups in total. The number of ether oxygens (including phenoxy) is 2. The smallest absolute Gasteiger partial charge is 0.166 e. The molecule has 0 aliphatic heterocycles. The third-order valence-electron chi connectivity index (χ3n) is 3.93. The van der Waals surface area contributed by atoms with E-state index < -0.39 is 6.10 Å². The van der Waals surface area contributed by atoms with E-state index in [0.717, 1.165) is 11.3 Å². The molecule has 0 spiro atoms. The molecule has 25 heavy (non-hydrogen) atoms. The molecule has 0 saturated carbocycles. The normalized spacial score (nSPS) is 12.0. The lowest BCUT2D eigenvalue weighted by Crippen LogP contribution is -2.08. The van der Waals surface area contributed by atoms with Crippen molar-refractivity contribution in [2.75, 3.05) is 12.8 Å². The number of halogens is 1. The van der Waals surface area contributed by atoms with E-state index in [1.807, 2.05) is 11.6 Å². The number of nitrogens with two attached hydrogens (primary N) is 1. The number of hydrogen-bond donors (Lipinski definition) is 1. The van der Waals surface area contributed by atoms with Crippen LogP contribution in [0.4, 0.5) is 10.2 Å². The number of methoxy groups -OCH3 is 1. The second-order valence-corrected chi connectivity index (χ2v) is 5.64. The first-order valence-corrected chi connectivity index (χ1v) is 7.72. The maximum Gasteiger partial charge on any atom is 0.166 e. The van der Waals surface area contributed by atoms with Crippen molar-refractivity contribution in [2.24, 2.45) is 7.05 Å². The summed E-state index contributed by atoms with van der Waals surface area (Å²) in [5.74, 6) is 0.856. The predicted molar refractivity (Wildman–Crippen MR) is 92.8 cm³/mol. The van der Waals surface area contributed by atoms with Crippen molar-refractivity contribution in [1.82, 2.24) is 14.5 Å². The molecule has 0 unspecified atom stereocenters. The molecule has 3 aromatic rings. The maximum absolute atomic E-state index is 13.6. The first-order valence-electron chi connectivity index (χ1n) is 7.72. The Kier molecular flexibility index (Phi) is 4.56. The summed E-state index contributed by atoms with van der Waals surface area (Å²) in [5, 5.41) is 0. The lowest BCUT2D eigenvalue weighted by Gasteiger charge is -2.19. The van der Waals surface area contributed by atoms with Crippen molar-refractivity contribution in [3.05, 3.63) is 54.4 Å². The van der Waals surface area contributed by atoms with Crippen LogP contribution in [0.1, 0.15) is 18.6 Å². The molecule has 0 aliphatic carbocycles. The van der Waals surface area contributed by atoms with Crippen molar-refractivity contribution in [2.45, 2.75) is 13.0 Å². The van der Waals surface area contributed by atoms with Crippen molar-refractivity contribution in [1.29, 1.82) is 0 Å². The van der Waals surface area contributed by atoms with Crippen LogP contribution in [0.3, 0.4) is 0 Å². The SMILES string of the molecule is COc1ccc(F)cc1[C@@H](C)Oc1cc(-c2cncn2C)cnc1N. The third kappa shape index (κ3) is 3.40. The molecule has 3 rings (SSSR count). The third-order valence-corrected chi connectivity index (χ3v) is 3.93. The van der Waals surface area contributed by atoms with Gasteiger partial charge in [0.2, 0.25) is 0 Å². The number of aromatic nitrogens is 3. The quantitative estimate of drug-likeness (QED) is 0.769. The van der Waals surface area contributed by atoms with Crippen molar-refractivity contribution in [3.8, 4) is 22.8 Å². The van der Waals surface area contributed by atoms with E-state index in [1.165, 1.54) is 19.2 Å². The van der Waals surface area contributed by atoms with Crippen LogP contribution in [0.15, 0.2) is 43.0 Å². The molecule has 0 radical (unpaired) electrons. The second kappa shape index (κ2) is 6.80. The van der Waals surface area contributed by atoms with Crippen LogP contribution in [0, 0.1) is 5.82 Å². The molecule has 0 bridgehead atoms. The highest BCUT2D eigenvalue weighted by Crippen LogP contribution is 2.33. The molecule has 7 heteroatoms. The summed E-state index contributed by atoms with van der Waals surface area (Å²) >= 11 is 0. The zero-order valence-corrected chi connectivity index (χ0v) is 14.2. The molecule has 130 valence electrons. The lowest BCUT2D eigenvalue weighted by atomic mass is 10.1. The summed E-state index contributed by atoms with van der Waals surface area (Å²) in [7, 11) is 3.42. The van der Waals surface area contributed by atoms with Crippen LogP contribution in [-0.4, -0.2) is 21.6 Å². The van der Waals surface area contributed by atoms with Gasteiger partial charge in [0.1, 0.15) is 17.7 Å². The molecule has 6 nitrogen and oxygen atoms in total. The molecule has 0 saturated heterocycles. The number of imidazole rings is 1. The highest BCUT2D eigenvalue weighted by atomic mass is 19.1. The Morgan fingerprint density at radius 3 is 2.68 bits per heavy atom. The summed E-state index contributed by atoms with van der Waals surface area (Å²) in [6, 6.07) is 6.09. The van der Waals surface area contributed by atoms with Crippen molar-refractivity contribution in [3.63, 3.8) is 0 Å². The van der Waals surface area contributed by atoms with Gasteiger partial charge in [-0.3, -0.25) is 0 Å². The summed E-state index contributed by atoms with van der Waals surface area (Å²) in [5.41, 5.74) is 8.24. The van der Waals surface area contributed by atoms with Crippen molar-refractivity contribution >= 4 is 5.82 Å². The zero-order valence-electron chi connectivity index (χ0n) is 14.2. The molecule has 0 amide bonds. The minimum absolute atomic E-state index is 0.258. The van der Waals surface area contributed by atoms with E-state index in [1.54, 1.807) is 37.8 Å². The summed E-state index contributed by atoms with van der Waals surface area (Å²) in [6.45, 7) is 1.80. The largest absolute Gasteiger partial charge is 0.496 e. The van der Waals surface area contributed by atoms with Gasteiger partial charge in [0.05, 0.1) is 25.3 Å². The summed E-state index contributed by atoms with van der Waals surface area (Å²) < 4.78 is 26.7. The van der Waals surface area contributed by atoms with Gasteiger partial charge in [-0.05, 0) is 31.2 Å². The molecule has 0 fully saturated rings. The van der Waals surface area contributed by atoms with Crippen LogP contribution >= 0.6 is 0 Å². The number of anilines is 1. The number of rotatable bonds is 5. The number of benzene rings is 1. The van der Waals surface area contributed by atoms with Crippen LogP contribution in [-0.2, 0) is 7.05 Å². The average Bonchev–Trinajstić information content (AvgIpc) is 3.02. The first kappa shape index (κ1) is 16.8. The number of aryl methyl sites for hydroxylation is 1. The Bertz CT molecular complexity index is 895. The fourth-order valence-electron chi connectivity index (χ4n) is 2.60. The van der Waals surface area contributed by atoms with Gasteiger partial charge in [-0.15, -0.1) is 0 Å². The van der Waals surface area contributed by atoms with E-state index in [4.69, 9.17) is 15.2 Å². The van der Waals surface area contributed by atoms with Crippen LogP contribution in [0.5, 0.6) is 11.5 Å². The molecule has 2 heterocycles. The van der Waals surface area contributed by atoms with Gasteiger partial charge in [0, 0.05) is 24.4 Å². The van der Waals surface area contributed by atoms with Crippen LogP contribution < -0.4 is 15.2 Å². The van der Waals surface area contributed by atoms with Gasteiger partial charge >= 0.3 is 0 Å². The molecular formula is C18H19FN4O2. The fourth-order valence-corrected chi connectivity index (χ4v) is 2.60. The number of nitrogens with zero attached hydrogens (tertiary/aromatic N) is 3. The molecular weight excluding hydrogens is 323 g/mol. The van der Waals surface area contributed by atoms with E-state index in [2.05, 4.69) is 9.97 Å². The Balaban J connectivity index is 1.93. The summed E-state index contributed by atoms with van der Waals surface area (Å²) in [4.78, 5) is 8.29. The molecule has 0 aliphatic rings. The Labute approximate surface area is 145 Å². The standard InChI is InChI=1S/C18H19FN4O2/c1-11(14-7-13(19)4-5-16(14)24-3)25-17-6-12(8-22-18(17)20)15-9-21-10-23(15)2/h4-11H,1-3H3,(H2,20,22)/t11-/m1/s1. The average molecular weight is 342 g/mol. The highest BCUT2D eigenvalue weighted by molar-refractivity contribution is 5.63. The minimum Gasteiger partial charge on any atom is -0.496 e. The topological polar surface area (TPSA) is 75.2 Å². The van der Waals surface area contributed by atoms with Crippen molar-refractivity contribution < 1.29 is 13.9 Å². The van der Waals surface area contributed by atoms with E-state index >= 15 is 0 Å². The predicted octanol–water partition coefficient (Wildman–Crippen LogP) is 3.35. The molecule has 2 aromatic heterocycles. The molecule has 1 atom stereocenters. The minimum atomic E-state index is -0.475. The Morgan fingerprint density at radius 2 is 2.00 bits per heavy atom. The molecule has 1 aromatic carbocycles. The second-order valence-electron chi connectivity index (χ2n) is 5.64. The number of hydrogen-bond acceptors (Lipinski definition) is 5. The van der Waals surface area contributed by atoms with Gasteiger partial charge in [-0.2, -0.15) is 0 Å². The summed E-state index contributed by atoms with van der Waals surface area (Å²) in [6.07, 6.45) is 4.62. The van der Waals surface area contributed by atoms with Crippen LogP contribution in [0.25, 0.3) is 11.3 Å². The maximum atomic E-state index is 13.6. The zero-order chi connectivity index (χ0) is 18.0. The Morgan fingerprint density at radius 1 is 1.20 bits per heavy atom. The lowest BCUT2D eigenvalue weighted by molar-refractivity contribution is 0.221. The fraction of sp³-hybridized carbons (Fsp3) is 0.222. The number of nitrogen functional groups attached to an aromatic ring is 1. The highest BCUT2D eigenvalue weighted by Gasteiger charge is 2.17. The van der Waals surface area contributed by atoms with E-state index in [-0.39, 0.29) is 11.6 Å². The van der Waals surface area contributed by atoms with E-state index in [9.17, 15) is 4.39 Å². The van der Waals surface area contributed by atoms with E-state index in [0.29, 0.717) is 17.1 Å². The number of pyridine rings is 1. The van der Waals surface area contributed by atoms with Gasteiger partial charge in [0.25, 0.3) is 0 Å². The van der Waals surface area contributed by atoms with Gasteiger partial charge in [-0.25, -0.2) is 14.4 Å².